The van der Waals surface area contributed by atoms with Crippen LogP contribution in [0.2, 0.25) is 0 Å². The van der Waals surface area contributed by atoms with Gasteiger partial charge in [0.1, 0.15) is 0 Å². The number of rotatable bonds is 0. The lowest BCUT2D eigenvalue weighted by atomic mass is 10.1. The van der Waals surface area contributed by atoms with Gasteiger partial charge in [0.2, 0.25) is 0 Å². The van der Waals surface area contributed by atoms with Crippen LogP contribution in [0.4, 0.5) is 0 Å². The second-order valence-corrected chi connectivity index (χ2v) is 3.03. The van der Waals surface area contributed by atoms with E-state index < -0.39 is 0 Å². The lowest BCUT2D eigenvalue weighted by Crippen LogP contribution is -2.37. The van der Waals surface area contributed by atoms with Crippen LogP contribution in [0.3, 0.4) is 0 Å². The molecule has 0 unspecified atom stereocenters. The molecule has 1 saturated heterocycles. The van der Waals surface area contributed by atoms with Crippen LogP contribution in [0, 0.1) is 5.92 Å². The van der Waals surface area contributed by atoms with Crippen LogP contribution in [-0.2, 0) is 0 Å². The minimum absolute atomic E-state index is 0.750. The van der Waals surface area contributed by atoms with Crippen molar-refractivity contribution in [3.05, 3.63) is 0 Å². The number of nitrogens with zero attached hydrogens (tertiary/aromatic N) is 1. The maximum atomic E-state index is 5.65. The first-order valence-electron chi connectivity index (χ1n) is 3.37. The Kier molecular flexibility index (Phi) is 0.866. The quantitative estimate of drug-likeness (QED) is 0.458. The molecule has 2 aliphatic rings. The van der Waals surface area contributed by atoms with Crippen molar-refractivity contribution in [1.29, 1.82) is 0 Å². The smallest absolute Gasteiger partial charge is 0.0244 e. The monoisotopic (exact) mass is 112 g/mol. The molecule has 0 amide bonds. The van der Waals surface area contributed by atoms with E-state index in [0.29, 0.717) is 0 Å². The molecule has 8 heavy (non-hydrogen) atoms. The Bertz CT molecular complexity index is 101. The first-order chi connectivity index (χ1) is 3.86. The Hall–Kier alpha value is -0.0800. The average Bonchev–Trinajstić information content (AvgIpc) is 2.23. The first-order valence-corrected chi connectivity index (χ1v) is 3.37. The molecule has 2 rings (SSSR count). The molecular weight excluding hydrogens is 100 g/mol. The summed E-state index contributed by atoms with van der Waals surface area (Å²) >= 11 is 0. The van der Waals surface area contributed by atoms with Crippen LogP contribution >= 0.6 is 0 Å². The van der Waals surface area contributed by atoms with Gasteiger partial charge in [-0.2, -0.15) is 0 Å². The summed E-state index contributed by atoms with van der Waals surface area (Å²) in [6, 6.07) is 0.750. The molecular formula is C6H12N2. The Morgan fingerprint density at radius 1 is 1.38 bits per heavy atom. The standard InChI is InChI=1S/C6H12N2/c7-8-4-5-1-2-6(8)3-5/h5-6H,1-4,7H2/t5-,6+/m0/s1. The topological polar surface area (TPSA) is 29.3 Å². The van der Waals surface area contributed by atoms with Gasteiger partial charge in [0, 0.05) is 12.6 Å². The van der Waals surface area contributed by atoms with Crippen molar-refractivity contribution in [2.45, 2.75) is 25.3 Å². The molecule has 2 heteroatoms. The largest absolute Gasteiger partial charge is 0.269 e. The van der Waals surface area contributed by atoms with Crippen LogP contribution in [0.5, 0.6) is 0 Å². The minimum atomic E-state index is 0.750. The van der Waals surface area contributed by atoms with Crippen molar-refractivity contribution in [1.82, 2.24) is 5.01 Å². The molecule has 2 nitrogen and oxygen atoms in total. The summed E-state index contributed by atoms with van der Waals surface area (Å²) in [5.41, 5.74) is 0. The molecule has 2 bridgehead atoms. The van der Waals surface area contributed by atoms with Gasteiger partial charge >= 0.3 is 0 Å². The van der Waals surface area contributed by atoms with E-state index in [1.807, 2.05) is 5.01 Å². The van der Waals surface area contributed by atoms with Gasteiger partial charge in [-0.3, -0.25) is 5.84 Å². The van der Waals surface area contributed by atoms with Crippen molar-refractivity contribution < 1.29 is 0 Å². The van der Waals surface area contributed by atoms with Crippen molar-refractivity contribution in [2.75, 3.05) is 6.54 Å². The predicted octanol–water partition coefficient (Wildman–Crippen LogP) is 0.344. The van der Waals surface area contributed by atoms with Crippen LogP contribution < -0.4 is 5.84 Å². The van der Waals surface area contributed by atoms with E-state index in [2.05, 4.69) is 0 Å². The third-order valence-corrected chi connectivity index (χ3v) is 2.45. The normalized spacial score (nSPS) is 46.1. The highest BCUT2D eigenvalue weighted by molar-refractivity contribution is 4.89. The maximum absolute atomic E-state index is 5.65. The number of fused-ring (bicyclic) bond motifs is 2. The van der Waals surface area contributed by atoms with Gasteiger partial charge in [-0.15, -0.1) is 0 Å². The summed E-state index contributed by atoms with van der Waals surface area (Å²) in [6.07, 6.45) is 4.15. The van der Waals surface area contributed by atoms with Gasteiger partial charge < -0.3 is 0 Å². The van der Waals surface area contributed by atoms with E-state index in [9.17, 15) is 0 Å². The van der Waals surface area contributed by atoms with E-state index >= 15 is 0 Å². The third-order valence-electron chi connectivity index (χ3n) is 2.45. The molecule has 0 aromatic rings. The van der Waals surface area contributed by atoms with Gasteiger partial charge in [-0.1, -0.05) is 0 Å². The molecule has 1 heterocycles. The second kappa shape index (κ2) is 1.45. The molecule has 2 N–H and O–H groups in total. The molecule has 2 atom stereocenters. The molecule has 46 valence electrons. The van der Waals surface area contributed by atoms with E-state index in [1.165, 1.54) is 19.3 Å². The summed E-state index contributed by atoms with van der Waals surface area (Å²) in [5, 5.41) is 2.01. The molecule has 1 aliphatic carbocycles. The molecule has 0 aromatic heterocycles. The molecule has 0 radical (unpaired) electrons. The first kappa shape index (κ1) is 4.77. The van der Waals surface area contributed by atoms with Crippen molar-refractivity contribution in [2.24, 2.45) is 11.8 Å². The fourth-order valence-corrected chi connectivity index (χ4v) is 1.96. The average molecular weight is 112 g/mol. The Morgan fingerprint density at radius 2 is 2.25 bits per heavy atom. The van der Waals surface area contributed by atoms with E-state index in [1.54, 1.807) is 0 Å². The van der Waals surface area contributed by atoms with Crippen molar-refractivity contribution in [3.8, 4) is 0 Å². The van der Waals surface area contributed by atoms with Crippen LogP contribution in [0.25, 0.3) is 0 Å². The van der Waals surface area contributed by atoms with Crippen molar-refractivity contribution in [3.63, 3.8) is 0 Å². The van der Waals surface area contributed by atoms with Gasteiger partial charge in [0.05, 0.1) is 0 Å². The number of hydrazine groups is 1. The zero-order valence-corrected chi connectivity index (χ0v) is 5.01. The Labute approximate surface area is 49.6 Å². The summed E-state index contributed by atoms with van der Waals surface area (Å²) < 4.78 is 0. The zero-order chi connectivity index (χ0) is 5.56. The summed E-state index contributed by atoms with van der Waals surface area (Å²) in [4.78, 5) is 0. The summed E-state index contributed by atoms with van der Waals surface area (Å²) in [5.74, 6) is 6.60. The van der Waals surface area contributed by atoms with Gasteiger partial charge in [0.25, 0.3) is 0 Å². The minimum Gasteiger partial charge on any atom is -0.269 e. The van der Waals surface area contributed by atoms with E-state index in [0.717, 1.165) is 18.5 Å². The number of nitrogens with two attached hydrogens (primary N) is 1. The van der Waals surface area contributed by atoms with Crippen molar-refractivity contribution >= 4 is 0 Å². The molecule has 1 aliphatic heterocycles. The van der Waals surface area contributed by atoms with Gasteiger partial charge in [-0.25, -0.2) is 5.01 Å². The van der Waals surface area contributed by atoms with E-state index in [-0.39, 0.29) is 0 Å². The number of hydrogen-bond donors (Lipinski definition) is 1. The summed E-state index contributed by atoms with van der Waals surface area (Å²) in [6.45, 7) is 1.16. The van der Waals surface area contributed by atoms with Gasteiger partial charge in [-0.05, 0) is 25.2 Å². The summed E-state index contributed by atoms with van der Waals surface area (Å²) in [7, 11) is 0. The zero-order valence-electron chi connectivity index (χ0n) is 5.01. The number of hydrogen-bond acceptors (Lipinski definition) is 2. The highest BCUT2D eigenvalue weighted by Gasteiger charge is 2.35. The highest BCUT2D eigenvalue weighted by Crippen LogP contribution is 2.34. The molecule has 1 saturated carbocycles. The lowest BCUT2D eigenvalue weighted by Gasteiger charge is -2.20. The lowest BCUT2D eigenvalue weighted by molar-refractivity contribution is 0.219. The maximum Gasteiger partial charge on any atom is 0.0244 e. The Morgan fingerprint density at radius 3 is 2.50 bits per heavy atom. The van der Waals surface area contributed by atoms with Crippen LogP contribution in [0.15, 0.2) is 0 Å². The SMILES string of the molecule is NN1C[C@H]2CC[C@@H]1C2. The van der Waals surface area contributed by atoms with Crippen LogP contribution in [-0.4, -0.2) is 17.6 Å². The van der Waals surface area contributed by atoms with Crippen LogP contribution in [0.1, 0.15) is 19.3 Å². The fourth-order valence-electron chi connectivity index (χ4n) is 1.96. The fraction of sp³-hybridized carbons (Fsp3) is 1.00. The molecule has 0 spiro atoms. The van der Waals surface area contributed by atoms with Gasteiger partial charge in [0.15, 0.2) is 0 Å². The molecule has 0 aromatic carbocycles. The highest BCUT2D eigenvalue weighted by atomic mass is 15.4. The third kappa shape index (κ3) is 0.501. The Balaban J connectivity index is 2.11. The van der Waals surface area contributed by atoms with E-state index in [4.69, 9.17) is 5.84 Å². The number of piperidine rings is 1. The molecule has 2 fully saturated rings. The second-order valence-electron chi connectivity index (χ2n) is 3.03. The predicted molar refractivity (Wildman–Crippen MR) is 32.0 cm³/mol.